The van der Waals surface area contributed by atoms with Gasteiger partial charge in [-0.1, -0.05) is 0 Å². The summed E-state index contributed by atoms with van der Waals surface area (Å²) >= 11 is 0. The Morgan fingerprint density at radius 2 is 2.25 bits per heavy atom. The van der Waals surface area contributed by atoms with Crippen LogP contribution in [0, 0.1) is 0 Å². The fourth-order valence-electron chi connectivity index (χ4n) is 1.17. The van der Waals surface area contributed by atoms with E-state index in [1.807, 2.05) is 19.0 Å². The van der Waals surface area contributed by atoms with E-state index >= 15 is 0 Å². The summed E-state index contributed by atoms with van der Waals surface area (Å²) in [5, 5.41) is 9.11. The van der Waals surface area contributed by atoms with E-state index < -0.39 is 0 Å². The summed E-state index contributed by atoms with van der Waals surface area (Å²) in [7, 11) is 3.71. The molecule has 0 aromatic rings. The lowest BCUT2D eigenvalue weighted by atomic mass is 9.99. The second-order valence-electron chi connectivity index (χ2n) is 3.08. The van der Waals surface area contributed by atoms with Gasteiger partial charge in [0.1, 0.15) is 0 Å². The maximum Gasteiger partial charge on any atom is 0.224 e. The topological polar surface area (TPSA) is 40.5 Å². The Balaban J connectivity index is 2.83. The SMILES string of the molecule is CN(C)/C=C1/CCC=C(O)C1=O. The van der Waals surface area contributed by atoms with E-state index in [1.165, 1.54) is 0 Å². The molecule has 0 spiro atoms. The molecule has 0 heterocycles. The Kier molecular flexibility index (Phi) is 2.53. The third kappa shape index (κ3) is 1.87. The summed E-state index contributed by atoms with van der Waals surface area (Å²) in [6.45, 7) is 0. The molecule has 1 aliphatic carbocycles. The van der Waals surface area contributed by atoms with Crippen molar-refractivity contribution < 1.29 is 9.90 Å². The van der Waals surface area contributed by atoms with Gasteiger partial charge < -0.3 is 10.0 Å². The molecule has 0 bridgehead atoms. The first-order chi connectivity index (χ1) is 5.61. The first kappa shape index (κ1) is 8.84. The van der Waals surface area contributed by atoms with Crippen LogP contribution in [0.15, 0.2) is 23.6 Å². The molecule has 0 atom stereocenters. The van der Waals surface area contributed by atoms with Gasteiger partial charge in [-0.2, -0.15) is 0 Å². The van der Waals surface area contributed by atoms with Crippen molar-refractivity contribution in [2.24, 2.45) is 0 Å². The van der Waals surface area contributed by atoms with Gasteiger partial charge >= 0.3 is 0 Å². The van der Waals surface area contributed by atoms with E-state index in [2.05, 4.69) is 0 Å². The Morgan fingerprint density at radius 1 is 1.58 bits per heavy atom. The Morgan fingerprint density at radius 3 is 2.83 bits per heavy atom. The molecule has 66 valence electrons. The highest BCUT2D eigenvalue weighted by Crippen LogP contribution is 2.17. The monoisotopic (exact) mass is 167 g/mol. The number of carbonyl (C=O) groups is 1. The number of hydrogen-bond acceptors (Lipinski definition) is 3. The largest absolute Gasteiger partial charge is 0.504 e. The van der Waals surface area contributed by atoms with Gasteiger partial charge in [0.25, 0.3) is 0 Å². The zero-order valence-corrected chi connectivity index (χ0v) is 7.37. The molecule has 0 saturated heterocycles. The number of aliphatic hydroxyl groups excluding tert-OH is 1. The second kappa shape index (κ2) is 3.43. The average Bonchev–Trinajstić information content (AvgIpc) is 1.98. The summed E-state index contributed by atoms with van der Waals surface area (Å²) < 4.78 is 0. The van der Waals surface area contributed by atoms with Gasteiger partial charge in [0.05, 0.1) is 0 Å². The first-order valence-electron chi connectivity index (χ1n) is 3.92. The highest BCUT2D eigenvalue weighted by molar-refractivity contribution is 6.07. The van der Waals surface area contributed by atoms with Crippen LogP contribution >= 0.6 is 0 Å². The van der Waals surface area contributed by atoms with Crippen LogP contribution < -0.4 is 0 Å². The summed E-state index contributed by atoms with van der Waals surface area (Å²) in [6.07, 6.45) is 4.79. The summed E-state index contributed by atoms with van der Waals surface area (Å²) in [4.78, 5) is 13.1. The van der Waals surface area contributed by atoms with Crippen molar-refractivity contribution in [2.75, 3.05) is 14.1 Å². The van der Waals surface area contributed by atoms with Gasteiger partial charge in [0, 0.05) is 25.9 Å². The maximum absolute atomic E-state index is 11.2. The normalized spacial score (nSPS) is 21.0. The van der Waals surface area contributed by atoms with Crippen LogP contribution in [-0.4, -0.2) is 29.9 Å². The van der Waals surface area contributed by atoms with Crippen molar-refractivity contribution in [2.45, 2.75) is 12.8 Å². The van der Waals surface area contributed by atoms with E-state index in [1.54, 1.807) is 12.3 Å². The number of aliphatic hydroxyl groups is 1. The number of nitrogens with zero attached hydrogens (tertiary/aromatic N) is 1. The molecule has 12 heavy (non-hydrogen) atoms. The number of rotatable bonds is 1. The Labute approximate surface area is 72.0 Å². The minimum Gasteiger partial charge on any atom is -0.504 e. The van der Waals surface area contributed by atoms with E-state index in [-0.39, 0.29) is 11.5 Å². The van der Waals surface area contributed by atoms with Crippen LogP contribution in [0.25, 0.3) is 0 Å². The third-order valence-corrected chi connectivity index (χ3v) is 1.69. The molecule has 0 aromatic heterocycles. The van der Waals surface area contributed by atoms with Crippen molar-refractivity contribution in [3.63, 3.8) is 0 Å². The van der Waals surface area contributed by atoms with Crippen LogP contribution in [0.5, 0.6) is 0 Å². The minimum atomic E-state index is -0.241. The average molecular weight is 167 g/mol. The fraction of sp³-hybridized carbons (Fsp3) is 0.444. The van der Waals surface area contributed by atoms with E-state index in [0.29, 0.717) is 5.57 Å². The molecule has 3 nitrogen and oxygen atoms in total. The zero-order chi connectivity index (χ0) is 9.14. The first-order valence-corrected chi connectivity index (χ1v) is 3.92. The number of hydrogen-bond donors (Lipinski definition) is 1. The van der Waals surface area contributed by atoms with Crippen LogP contribution in [0.3, 0.4) is 0 Å². The van der Waals surface area contributed by atoms with E-state index in [0.717, 1.165) is 12.8 Å². The van der Waals surface area contributed by atoms with E-state index in [4.69, 9.17) is 5.11 Å². The summed E-state index contributed by atoms with van der Waals surface area (Å²) in [5.41, 5.74) is 0.681. The predicted octanol–water partition coefficient (Wildman–Crippen LogP) is 1.24. The fourth-order valence-corrected chi connectivity index (χ4v) is 1.17. The van der Waals surface area contributed by atoms with Gasteiger partial charge in [-0.05, 0) is 18.9 Å². The van der Waals surface area contributed by atoms with Crippen LogP contribution in [0.1, 0.15) is 12.8 Å². The third-order valence-electron chi connectivity index (χ3n) is 1.69. The quantitative estimate of drug-likeness (QED) is 0.597. The molecule has 0 aliphatic heterocycles. The van der Waals surface area contributed by atoms with Gasteiger partial charge in [0.2, 0.25) is 5.78 Å². The van der Waals surface area contributed by atoms with Crippen LogP contribution in [-0.2, 0) is 4.79 Å². The molecule has 0 saturated carbocycles. The van der Waals surface area contributed by atoms with Crippen LogP contribution in [0.2, 0.25) is 0 Å². The van der Waals surface area contributed by atoms with Gasteiger partial charge in [-0.3, -0.25) is 4.79 Å². The van der Waals surface area contributed by atoms with Crippen molar-refractivity contribution in [1.29, 1.82) is 0 Å². The molecule has 0 radical (unpaired) electrons. The van der Waals surface area contributed by atoms with Gasteiger partial charge in [-0.25, -0.2) is 0 Å². The second-order valence-corrected chi connectivity index (χ2v) is 3.08. The molecule has 0 fully saturated rings. The lowest BCUT2D eigenvalue weighted by Crippen LogP contribution is -2.14. The smallest absolute Gasteiger partial charge is 0.224 e. The Hall–Kier alpha value is -1.25. The van der Waals surface area contributed by atoms with Crippen molar-refractivity contribution in [1.82, 2.24) is 4.90 Å². The molecule has 1 aliphatic rings. The molecule has 3 heteroatoms. The van der Waals surface area contributed by atoms with E-state index in [9.17, 15) is 4.79 Å². The molecule has 0 amide bonds. The predicted molar refractivity (Wildman–Crippen MR) is 46.7 cm³/mol. The molecule has 0 unspecified atom stereocenters. The molecule has 1 rings (SSSR count). The molecule has 1 N–H and O–H groups in total. The maximum atomic E-state index is 11.2. The lowest BCUT2D eigenvalue weighted by Gasteiger charge is -2.13. The van der Waals surface area contributed by atoms with Gasteiger partial charge in [0.15, 0.2) is 5.76 Å². The number of allylic oxidation sites excluding steroid dienone is 2. The molecular formula is C9H13NO2. The standard InChI is InChI=1S/C9H13NO2/c1-10(2)6-7-4-3-5-8(11)9(7)12/h5-6,11H,3-4H2,1-2H3/b7-6-. The van der Waals surface area contributed by atoms with Crippen molar-refractivity contribution in [3.8, 4) is 0 Å². The molecular weight excluding hydrogens is 154 g/mol. The number of Topliss-reactive ketones (excluding diaryl/α,β-unsaturated/α-hetero) is 1. The summed E-state index contributed by atoms with van der Waals surface area (Å²) in [6, 6.07) is 0. The number of carbonyl (C=O) groups excluding carboxylic acids is 1. The molecule has 0 aromatic carbocycles. The highest BCUT2D eigenvalue weighted by Gasteiger charge is 2.17. The van der Waals surface area contributed by atoms with Crippen molar-refractivity contribution in [3.05, 3.63) is 23.6 Å². The summed E-state index contributed by atoms with van der Waals surface area (Å²) in [5.74, 6) is -0.357. The Bertz CT molecular complexity index is 251. The van der Waals surface area contributed by atoms with Crippen molar-refractivity contribution >= 4 is 5.78 Å². The minimum absolute atomic E-state index is 0.116. The number of ketones is 1. The van der Waals surface area contributed by atoms with Gasteiger partial charge in [-0.15, -0.1) is 0 Å². The van der Waals surface area contributed by atoms with Crippen LogP contribution in [0.4, 0.5) is 0 Å². The lowest BCUT2D eigenvalue weighted by molar-refractivity contribution is -0.115. The highest BCUT2D eigenvalue weighted by atomic mass is 16.3. The zero-order valence-electron chi connectivity index (χ0n) is 7.37.